The predicted octanol–water partition coefficient (Wildman–Crippen LogP) is 2.39. The van der Waals surface area contributed by atoms with Crippen molar-refractivity contribution in [3.05, 3.63) is 58.6 Å². The van der Waals surface area contributed by atoms with Crippen LogP contribution in [0.25, 0.3) is 0 Å². The number of carbonyl (C=O) groups excluding carboxylic acids is 3. The van der Waals surface area contributed by atoms with E-state index in [0.717, 1.165) is 10.0 Å². The van der Waals surface area contributed by atoms with E-state index in [1.54, 1.807) is 18.2 Å². The van der Waals surface area contributed by atoms with E-state index in [1.807, 2.05) is 37.3 Å². The summed E-state index contributed by atoms with van der Waals surface area (Å²) in [5.74, 6) is -2.25. The van der Waals surface area contributed by atoms with Crippen LogP contribution in [0.5, 0.6) is 0 Å². The van der Waals surface area contributed by atoms with Crippen molar-refractivity contribution < 1.29 is 14.4 Å². The van der Waals surface area contributed by atoms with Gasteiger partial charge in [0, 0.05) is 21.8 Å². The molecule has 2 saturated heterocycles. The van der Waals surface area contributed by atoms with Crippen LogP contribution in [0, 0.1) is 11.8 Å². The molecule has 6 nitrogen and oxygen atoms in total. The summed E-state index contributed by atoms with van der Waals surface area (Å²) in [5.41, 5.74) is 0.715. The highest BCUT2D eigenvalue weighted by atomic mass is 79.9. The normalized spacial score (nSPS) is 31.4. The summed E-state index contributed by atoms with van der Waals surface area (Å²) in [6.45, 7) is 1.86. The number of halogens is 1. The first kappa shape index (κ1) is 16.6. The monoisotopic (exact) mass is 425 g/mol. The summed E-state index contributed by atoms with van der Waals surface area (Å²) in [5, 5.41) is 6.16. The number of nitrogens with zero attached hydrogens (tertiary/aromatic N) is 1. The molecule has 7 heteroatoms. The maximum Gasteiger partial charge on any atom is 0.250 e. The highest BCUT2D eigenvalue weighted by Crippen LogP contribution is 2.53. The Labute approximate surface area is 164 Å². The minimum atomic E-state index is -1.21. The number of nitrogens with one attached hydrogen (secondary N) is 2. The Kier molecular flexibility index (Phi) is 3.39. The third-order valence-corrected chi connectivity index (χ3v) is 6.33. The van der Waals surface area contributed by atoms with Gasteiger partial charge in [0.05, 0.1) is 17.5 Å². The number of carbonyl (C=O) groups is 3. The van der Waals surface area contributed by atoms with Gasteiger partial charge in [-0.15, -0.1) is 0 Å². The summed E-state index contributed by atoms with van der Waals surface area (Å²) in [7, 11) is 0. The molecule has 27 heavy (non-hydrogen) atoms. The Hall–Kier alpha value is -2.51. The number of fused-ring (bicyclic) bond motifs is 4. The summed E-state index contributed by atoms with van der Waals surface area (Å²) in [6.07, 6.45) is 0. The van der Waals surface area contributed by atoms with Crippen molar-refractivity contribution in [1.29, 1.82) is 0 Å². The summed E-state index contributed by atoms with van der Waals surface area (Å²) >= 11 is 3.39. The molecule has 3 amide bonds. The van der Waals surface area contributed by atoms with E-state index in [0.29, 0.717) is 11.4 Å². The summed E-state index contributed by atoms with van der Waals surface area (Å²) in [6, 6.07) is 14.1. The number of rotatable bonds is 1. The summed E-state index contributed by atoms with van der Waals surface area (Å²) in [4.78, 5) is 40.9. The van der Waals surface area contributed by atoms with Crippen LogP contribution in [0.4, 0.5) is 11.4 Å². The van der Waals surface area contributed by atoms with Crippen molar-refractivity contribution in [2.75, 3.05) is 10.2 Å². The maximum absolute atomic E-state index is 13.4. The van der Waals surface area contributed by atoms with Crippen LogP contribution in [0.1, 0.15) is 12.5 Å². The molecule has 0 aliphatic carbocycles. The van der Waals surface area contributed by atoms with Crippen molar-refractivity contribution in [3.63, 3.8) is 0 Å². The van der Waals surface area contributed by atoms with Gasteiger partial charge in [-0.3, -0.25) is 19.7 Å². The van der Waals surface area contributed by atoms with Gasteiger partial charge in [-0.2, -0.15) is 0 Å². The van der Waals surface area contributed by atoms with Crippen LogP contribution in [-0.4, -0.2) is 23.8 Å². The first-order valence-electron chi connectivity index (χ1n) is 8.77. The van der Waals surface area contributed by atoms with Crippen LogP contribution >= 0.6 is 15.9 Å². The summed E-state index contributed by atoms with van der Waals surface area (Å²) < 4.78 is 0.780. The highest BCUT2D eigenvalue weighted by Gasteiger charge is 2.69. The van der Waals surface area contributed by atoms with E-state index < -0.39 is 17.4 Å². The number of amides is 3. The van der Waals surface area contributed by atoms with Gasteiger partial charge in [0.25, 0.3) is 0 Å². The Bertz CT molecular complexity index is 1020. The fourth-order valence-electron chi connectivity index (χ4n) is 4.79. The van der Waals surface area contributed by atoms with Crippen molar-refractivity contribution in [2.45, 2.75) is 18.5 Å². The highest BCUT2D eigenvalue weighted by molar-refractivity contribution is 9.10. The van der Waals surface area contributed by atoms with E-state index >= 15 is 0 Å². The van der Waals surface area contributed by atoms with E-state index in [2.05, 4.69) is 26.6 Å². The molecule has 2 N–H and O–H groups in total. The van der Waals surface area contributed by atoms with Crippen molar-refractivity contribution in [1.82, 2.24) is 5.32 Å². The van der Waals surface area contributed by atoms with Gasteiger partial charge < -0.3 is 5.32 Å². The minimum absolute atomic E-state index is 0.267. The molecule has 0 radical (unpaired) electrons. The zero-order chi connectivity index (χ0) is 18.9. The van der Waals surface area contributed by atoms with E-state index in [-0.39, 0.29) is 23.8 Å². The fourth-order valence-corrected chi connectivity index (χ4v) is 5.18. The molecule has 2 fully saturated rings. The topological polar surface area (TPSA) is 78.5 Å². The van der Waals surface area contributed by atoms with Gasteiger partial charge in [-0.25, -0.2) is 4.90 Å². The van der Waals surface area contributed by atoms with Gasteiger partial charge >= 0.3 is 0 Å². The lowest BCUT2D eigenvalue weighted by Gasteiger charge is -2.29. The molecule has 0 bridgehead atoms. The quantitative estimate of drug-likeness (QED) is 0.687. The molecule has 0 saturated carbocycles. The van der Waals surface area contributed by atoms with Crippen LogP contribution in [0.15, 0.2) is 53.0 Å². The van der Waals surface area contributed by atoms with Gasteiger partial charge in [0.2, 0.25) is 17.7 Å². The lowest BCUT2D eigenvalue weighted by Crippen LogP contribution is -2.53. The molecule has 2 aromatic rings. The number of para-hydroxylation sites is 1. The number of benzene rings is 2. The molecular weight excluding hydrogens is 410 g/mol. The smallest absolute Gasteiger partial charge is 0.250 e. The minimum Gasteiger partial charge on any atom is -0.324 e. The molecule has 0 unspecified atom stereocenters. The van der Waals surface area contributed by atoms with Crippen molar-refractivity contribution >= 4 is 45.0 Å². The molecule has 5 rings (SSSR count). The fraction of sp³-hybridized carbons (Fsp3) is 0.250. The molecule has 0 aromatic heterocycles. The largest absolute Gasteiger partial charge is 0.324 e. The second-order valence-electron chi connectivity index (χ2n) is 7.24. The molecule has 3 aliphatic heterocycles. The van der Waals surface area contributed by atoms with E-state index in [1.165, 1.54) is 4.90 Å². The molecule has 2 aromatic carbocycles. The molecule has 3 heterocycles. The standard InChI is InChI=1S/C20H16BrN3O3/c1-10-15-16(18(26)24(17(15)25)12-6-4-5-11(21)9-12)20(23-10)13-7-2-3-8-14(13)22-19(20)27/h2-10,15-16,23H,1H3,(H,22,27)/t10-,15+,16-,20+/m0/s1. The molecule has 1 spiro atoms. The molecule has 3 aliphatic rings. The lowest BCUT2D eigenvalue weighted by atomic mass is 9.76. The maximum atomic E-state index is 13.4. The van der Waals surface area contributed by atoms with Crippen LogP contribution in [0.3, 0.4) is 0 Å². The number of hydrogen-bond acceptors (Lipinski definition) is 4. The van der Waals surface area contributed by atoms with E-state index in [4.69, 9.17) is 0 Å². The first-order valence-corrected chi connectivity index (χ1v) is 9.56. The van der Waals surface area contributed by atoms with Gasteiger partial charge in [-0.05, 0) is 31.2 Å². The number of imide groups is 1. The second kappa shape index (κ2) is 5.50. The zero-order valence-corrected chi connectivity index (χ0v) is 16.0. The number of hydrogen-bond donors (Lipinski definition) is 2. The van der Waals surface area contributed by atoms with E-state index in [9.17, 15) is 14.4 Å². The van der Waals surface area contributed by atoms with Crippen molar-refractivity contribution in [2.24, 2.45) is 11.8 Å². The Morgan fingerprint density at radius 3 is 2.59 bits per heavy atom. The SMILES string of the molecule is C[C@@H]1N[C@@]2(C(=O)Nc3ccccc32)[C@@H]2C(=O)N(c3cccc(Br)c3)C(=O)[C@H]12. The molecular formula is C20H16BrN3O3. The second-order valence-corrected chi connectivity index (χ2v) is 8.15. The lowest BCUT2D eigenvalue weighted by molar-refractivity contribution is -0.130. The van der Waals surface area contributed by atoms with Gasteiger partial charge in [0.1, 0.15) is 5.54 Å². The van der Waals surface area contributed by atoms with Crippen molar-refractivity contribution in [3.8, 4) is 0 Å². The predicted molar refractivity (Wildman–Crippen MR) is 103 cm³/mol. The zero-order valence-electron chi connectivity index (χ0n) is 14.4. The molecule has 4 atom stereocenters. The average Bonchev–Trinajstić information content (AvgIpc) is 3.20. The molecule has 136 valence electrons. The first-order chi connectivity index (χ1) is 12.9. The average molecular weight is 426 g/mol. The Balaban J connectivity index is 1.67. The van der Waals surface area contributed by atoms with Crippen LogP contribution < -0.4 is 15.5 Å². The Morgan fingerprint density at radius 2 is 1.81 bits per heavy atom. The Morgan fingerprint density at radius 1 is 1.04 bits per heavy atom. The number of anilines is 2. The van der Waals surface area contributed by atoms with Crippen LogP contribution in [0.2, 0.25) is 0 Å². The third-order valence-electron chi connectivity index (χ3n) is 5.84. The van der Waals surface area contributed by atoms with Crippen LogP contribution in [-0.2, 0) is 19.9 Å². The van der Waals surface area contributed by atoms with Gasteiger partial charge in [-0.1, -0.05) is 40.2 Å². The third kappa shape index (κ3) is 2.01. The van der Waals surface area contributed by atoms with Gasteiger partial charge in [0.15, 0.2) is 0 Å².